The van der Waals surface area contributed by atoms with E-state index in [1.165, 1.54) is 76.5 Å². The molecule has 0 saturated carbocycles. The van der Waals surface area contributed by atoms with Gasteiger partial charge in [0.2, 0.25) is 0 Å². The van der Waals surface area contributed by atoms with Crippen LogP contribution in [0.25, 0.3) is 98.4 Å². The summed E-state index contributed by atoms with van der Waals surface area (Å²) in [6.07, 6.45) is 0. The molecule has 0 saturated heterocycles. The van der Waals surface area contributed by atoms with E-state index in [0.717, 1.165) is 21.9 Å². The standard InChI is InChI=1S/C46H28O/c1-2-11-33-30(10-1)24-26-35-34(33)17-9-18-37(35)46-40-15-5-3-13-38(40)45(39-14-4-6-16-41(39)46)31-22-20-29(21-23-31)32-25-27-44-42(28-32)36-12-7-8-19-43(36)47-44/h1-28H. The predicted octanol–water partition coefficient (Wildman–Crippen LogP) is 13.2. The maximum atomic E-state index is 6.09. The Morgan fingerprint density at radius 1 is 0.277 bits per heavy atom. The summed E-state index contributed by atoms with van der Waals surface area (Å²) in [7, 11) is 0. The maximum absolute atomic E-state index is 6.09. The molecule has 0 unspecified atom stereocenters. The molecule has 218 valence electrons. The lowest BCUT2D eigenvalue weighted by Crippen LogP contribution is -1.92. The highest BCUT2D eigenvalue weighted by atomic mass is 16.3. The van der Waals surface area contributed by atoms with Crippen molar-refractivity contribution in [2.75, 3.05) is 0 Å². The van der Waals surface area contributed by atoms with Crippen LogP contribution in [0.1, 0.15) is 0 Å². The highest BCUT2D eigenvalue weighted by molar-refractivity contribution is 6.24. The van der Waals surface area contributed by atoms with Gasteiger partial charge in [0.1, 0.15) is 11.2 Å². The zero-order valence-electron chi connectivity index (χ0n) is 25.6. The number of hydrogen-bond acceptors (Lipinski definition) is 1. The molecule has 0 N–H and O–H groups in total. The van der Waals surface area contributed by atoms with Crippen LogP contribution in [0.15, 0.2) is 174 Å². The number of fused-ring (bicyclic) bond motifs is 8. The van der Waals surface area contributed by atoms with Crippen molar-refractivity contribution in [1.29, 1.82) is 0 Å². The van der Waals surface area contributed by atoms with Gasteiger partial charge in [-0.2, -0.15) is 0 Å². The monoisotopic (exact) mass is 596 g/mol. The van der Waals surface area contributed by atoms with Gasteiger partial charge in [0.25, 0.3) is 0 Å². The average Bonchev–Trinajstić information content (AvgIpc) is 3.52. The van der Waals surface area contributed by atoms with Crippen LogP contribution in [0.4, 0.5) is 0 Å². The average molecular weight is 597 g/mol. The molecule has 47 heavy (non-hydrogen) atoms. The maximum Gasteiger partial charge on any atom is 0.135 e. The van der Waals surface area contributed by atoms with Crippen LogP contribution in [-0.2, 0) is 0 Å². The van der Waals surface area contributed by atoms with E-state index in [4.69, 9.17) is 4.42 Å². The van der Waals surface area contributed by atoms with Crippen molar-refractivity contribution in [3.05, 3.63) is 170 Å². The third kappa shape index (κ3) is 3.97. The second-order valence-corrected chi connectivity index (χ2v) is 12.4. The Labute approximate surface area is 271 Å². The minimum absolute atomic E-state index is 0.920. The number of furan rings is 1. The number of benzene rings is 9. The first-order valence-corrected chi connectivity index (χ1v) is 16.2. The van der Waals surface area contributed by atoms with Crippen molar-refractivity contribution in [3.63, 3.8) is 0 Å². The van der Waals surface area contributed by atoms with Gasteiger partial charge in [0.05, 0.1) is 0 Å². The lowest BCUT2D eigenvalue weighted by molar-refractivity contribution is 0.669. The Morgan fingerprint density at radius 3 is 1.57 bits per heavy atom. The minimum Gasteiger partial charge on any atom is -0.456 e. The van der Waals surface area contributed by atoms with E-state index in [9.17, 15) is 0 Å². The number of rotatable bonds is 3. The van der Waals surface area contributed by atoms with Crippen LogP contribution in [0.2, 0.25) is 0 Å². The SMILES string of the molecule is c1ccc2c(c1)ccc1c(-c3c4ccccc4c(-c4ccc(-c5ccc6oc7ccccc7c6c5)cc4)c4ccccc34)cccc12. The Morgan fingerprint density at radius 2 is 0.830 bits per heavy atom. The second kappa shape index (κ2) is 10.2. The van der Waals surface area contributed by atoms with Crippen molar-refractivity contribution in [1.82, 2.24) is 0 Å². The van der Waals surface area contributed by atoms with Gasteiger partial charge in [0, 0.05) is 10.8 Å². The predicted molar refractivity (Wildman–Crippen MR) is 200 cm³/mol. The fourth-order valence-electron chi connectivity index (χ4n) is 7.72. The molecule has 9 aromatic carbocycles. The molecule has 0 amide bonds. The minimum atomic E-state index is 0.920. The molecule has 1 aromatic heterocycles. The van der Waals surface area contributed by atoms with E-state index >= 15 is 0 Å². The lowest BCUT2D eigenvalue weighted by atomic mass is 9.84. The van der Waals surface area contributed by atoms with Gasteiger partial charge in [-0.1, -0.05) is 152 Å². The molecule has 0 fully saturated rings. The van der Waals surface area contributed by atoms with Crippen molar-refractivity contribution in [3.8, 4) is 33.4 Å². The Kier molecular flexibility index (Phi) is 5.64. The molecule has 10 aromatic rings. The van der Waals surface area contributed by atoms with Crippen molar-refractivity contribution >= 4 is 65.0 Å². The quantitative estimate of drug-likeness (QED) is 0.146. The Balaban J connectivity index is 1.18. The van der Waals surface area contributed by atoms with E-state index in [0.29, 0.717) is 0 Å². The van der Waals surface area contributed by atoms with Gasteiger partial charge in [-0.15, -0.1) is 0 Å². The first-order valence-electron chi connectivity index (χ1n) is 16.2. The van der Waals surface area contributed by atoms with Crippen LogP contribution in [0.5, 0.6) is 0 Å². The van der Waals surface area contributed by atoms with Crippen molar-refractivity contribution in [2.45, 2.75) is 0 Å². The van der Waals surface area contributed by atoms with Crippen molar-refractivity contribution < 1.29 is 4.42 Å². The summed E-state index contributed by atoms with van der Waals surface area (Å²) in [5.41, 5.74) is 9.26. The molecule has 1 heteroatoms. The molecule has 0 atom stereocenters. The molecule has 0 aliphatic carbocycles. The van der Waals surface area contributed by atoms with E-state index in [2.05, 4.69) is 158 Å². The molecule has 0 bridgehead atoms. The smallest absolute Gasteiger partial charge is 0.135 e. The van der Waals surface area contributed by atoms with Gasteiger partial charge in [-0.25, -0.2) is 0 Å². The van der Waals surface area contributed by atoms with Crippen LogP contribution in [0.3, 0.4) is 0 Å². The Hall–Kier alpha value is -6.18. The summed E-state index contributed by atoms with van der Waals surface area (Å²) in [5, 5.41) is 12.5. The first kappa shape index (κ1) is 26.1. The van der Waals surface area contributed by atoms with Crippen LogP contribution in [0, 0.1) is 0 Å². The highest BCUT2D eigenvalue weighted by Crippen LogP contribution is 2.46. The molecule has 1 nitrogen and oxygen atoms in total. The lowest BCUT2D eigenvalue weighted by Gasteiger charge is -2.19. The molecule has 0 aliphatic rings. The third-order valence-electron chi connectivity index (χ3n) is 9.87. The Bertz CT molecular complexity index is 2780. The van der Waals surface area contributed by atoms with Gasteiger partial charge in [-0.05, 0) is 94.7 Å². The van der Waals surface area contributed by atoms with E-state index in [-0.39, 0.29) is 0 Å². The zero-order valence-corrected chi connectivity index (χ0v) is 25.6. The fourth-order valence-corrected chi connectivity index (χ4v) is 7.72. The third-order valence-corrected chi connectivity index (χ3v) is 9.87. The molecule has 0 aliphatic heterocycles. The number of hydrogen-bond donors (Lipinski definition) is 0. The first-order chi connectivity index (χ1) is 23.3. The normalized spacial score (nSPS) is 11.8. The van der Waals surface area contributed by atoms with E-state index < -0.39 is 0 Å². The molecular weight excluding hydrogens is 569 g/mol. The number of para-hydroxylation sites is 1. The zero-order chi connectivity index (χ0) is 30.9. The summed E-state index contributed by atoms with van der Waals surface area (Å²) >= 11 is 0. The van der Waals surface area contributed by atoms with Crippen LogP contribution >= 0.6 is 0 Å². The molecule has 0 radical (unpaired) electrons. The molecule has 10 rings (SSSR count). The van der Waals surface area contributed by atoms with Gasteiger partial charge in [-0.3, -0.25) is 0 Å². The molecular formula is C46H28O. The van der Waals surface area contributed by atoms with Crippen LogP contribution in [-0.4, -0.2) is 0 Å². The summed E-state index contributed by atoms with van der Waals surface area (Å²) in [6, 6.07) is 61.7. The van der Waals surface area contributed by atoms with Gasteiger partial charge < -0.3 is 4.42 Å². The topological polar surface area (TPSA) is 13.1 Å². The fraction of sp³-hybridized carbons (Fsp3) is 0. The largest absolute Gasteiger partial charge is 0.456 e. The van der Waals surface area contributed by atoms with E-state index in [1.54, 1.807) is 0 Å². The second-order valence-electron chi connectivity index (χ2n) is 12.4. The van der Waals surface area contributed by atoms with Gasteiger partial charge in [0.15, 0.2) is 0 Å². The van der Waals surface area contributed by atoms with Gasteiger partial charge >= 0.3 is 0 Å². The summed E-state index contributed by atoms with van der Waals surface area (Å²) in [6.45, 7) is 0. The highest BCUT2D eigenvalue weighted by Gasteiger charge is 2.18. The van der Waals surface area contributed by atoms with E-state index in [1.807, 2.05) is 12.1 Å². The van der Waals surface area contributed by atoms with Crippen LogP contribution < -0.4 is 0 Å². The molecule has 1 heterocycles. The van der Waals surface area contributed by atoms with Crippen molar-refractivity contribution in [2.24, 2.45) is 0 Å². The summed E-state index contributed by atoms with van der Waals surface area (Å²) in [4.78, 5) is 0. The summed E-state index contributed by atoms with van der Waals surface area (Å²) in [5.74, 6) is 0. The summed E-state index contributed by atoms with van der Waals surface area (Å²) < 4.78 is 6.09. The molecule has 0 spiro atoms.